The van der Waals surface area contributed by atoms with Gasteiger partial charge < -0.3 is 94.1 Å². The number of aliphatic hydroxyl groups is 11. The molecule has 0 aromatic heterocycles. The van der Waals surface area contributed by atoms with Gasteiger partial charge >= 0.3 is 0 Å². The van der Waals surface area contributed by atoms with Crippen molar-refractivity contribution in [3.05, 3.63) is 52.7 Å². The molecule has 6 rings (SSSR count). The third kappa shape index (κ3) is 7.71. The first kappa shape index (κ1) is 39.2. The smallest absolute Gasteiger partial charge is 0.229 e. The van der Waals surface area contributed by atoms with Gasteiger partial charge in [-0.05, 0) is 30.3 Å². The van der Waals surface area contributed by atoms with E-state index in [0.717, 1.165) is 12.1 Å². The van der Waals surface area contributed by atoms with Crippen LogP contribution in [0.25, 0.3) is 22.6 Å². The second-order valence-electron chi connectivity index (χ2n) is 12.8. The Kier molecular flexibility index (Phi) is 11.9. The molecule has 4 aliphatic heterocycles. The molecular formula is C33H40O20. The minimum atomic E-state index is -1.94. The predicted molar refractivity (Wildman–Crippen MR) is 170 cm³/mol. The standard InChI is InChI=1S/C33H40O20/c34-8-18-21(39)24(42)27(45)31(50-18)48-16-6-13(38)5-15-14(16)7-17(29(47-15)11-1-3-12(37)4-2-11)49-33-30(26(44)23(41)20(10-36)52-33)53-32-28(46)25(43)22(40)19(9-35)51-32/h1-7,18-28,30-37,39-46H,8-10H2/t18-,19-,20-,21-,22-,23-,24+,25+,26+,27-,28-,30-,31-,32-,33-/m1/s1. The molecule has 5 aliphatic rings. The minimum absolute atomic E-state index is 0.0272. The fourth-order valence-electron chi connectivity index (χ4n) is 6.21. The summed E-state index contributed by atoms with van der Waals surface area (Å²) in [6.45, 7) is -2.41. The molecule has 0 bridgehead atoms. The third-order valence-electron chi connectivity index (χ3n) is 9.22. The molecule has 3 saturated heterocycles. The van der Waals surface area contributed by atoms with Gasteiger partial charge in [0.25, 0.3) is 0 Å². The maximum absolute atomic E-state index is 12.8. The van der Waals surface area contributed by atoms with Crippen LogP contribution in [0.15, 0.2) is 51.7 Å². The lowest BCUT2D eigenvalue weighted by atomic mass is 9.97. The molecule has 20 nitrogen and oxygen atoms in total. The summed E-state index contributed by atoms with van der Waals surface area (Å²) in [5.74, 6) is -0.938. The van der Waals surface area contributed by atoms with Gasteiger partial charge in [-0.25, -0.2) is 0 Å². The fraction of sp³-hybridized carbons (Fsp3) is 0.545. The van der Waals surface area contributed by atoms with E-state index >= 15 is 0 Å². The van der Waals surface area contributed by atoms with Crippen molar-refractivity contribution < 1.29 is 94.1 Å². The lowest BCUT2D eigenvalue weighted by molar-refractivity contribution is -0.357. The van der Waals surface area contributed by atoms with Gasteiger partial charge in [-0.15, -0.1) is 0 Å². The number of benzene rings is 2. The number of aliphatic hydroxyl groups excluding tert-OH is 11. The number of hydrogen-bond acceptors (Lipinski definition) is 20. The summed E-state index contributed by atoms with van der Waals surface area (Å²) in [6.07, 6.45) is -26.1. The molecule has 3 fully saturated rings. The molecule has 20 heteroatoms. The van der Waals surface area contributed by atoms with Crippen LogP contribution < -0.4 is 14.9 Å². The van der Waals surface area contributed by atoms with Gasteiger partial charge in [0.05, 0.1) is 25.4 Å². The summed E-state index contributed by atoms with van der Waals surface area (Å²) in [5.41, 5.74) is -0.438. The molecule has 1 aromatic carbocycles. The predicted octanol–water partition coefficient (Wildman–Crippen LogP) is -4.70. The molecule has 0 spiro atoms. The molecule has 292 valence electrons. The first-order valence-electron chi connectivity index (χ1n) is 16.4. The molecule has 4 heterocycles. The second kappa shape index (κ2) is 16.0. The molecule has 0 radical (unpaired) electrons. The first-order valence-corrected chi connectivity index (χ1v) is 16.4. The van der Waals surface area contributed by atoms with Crippen molar-refractivity contribution in [1.82, 2.24) is 0 Å². The van der Waals surface area contributed by atoms with Crippen molar-refractivity contribution in [3.8, 4) is 39.9 Å². The fourth-order valence-corrected chi connectivity index (χ4v) is 6.21. The number of fused-ring (bicyclic) bond motifs is 1. The van der Waals surface area contributed by atoms with E-state index in [1.54, 1.807) is 0 Å². The van der Waals surface area contributed by atoms with Crippen molar-refractivity contribution in [2.45, 2.75) is 92.1 Å². The largest absolute Gasteiger partial charge is 0.508 e. The Morgan fingerprint density at radius 3 is 1.66 bits per heavy atom. The van der Waals surface area contributed by atoms with E-state index in [4.69, 9.17) is 32.8 Å². The summed E-state index contributed by atoms with van der Waals surface area (Å²) in [7, 11) is 0. The van der Waals surface area contributed by atoms with E-state index < -0.39 is 117 Å². The second-order valence-corrected chi connectivity index (χ2v) is 12.8. The van der Waals surface area contributed by atoms with Gasteiger partial charge in [0.2, 0.25) is 12.6 Å². The summed E-state index contributed by atoms with van der Waals surface area (Å²) >= 11 is 0. The van der Waals surface area contributed by atoms with Crippen LogP contribution in [-0.2, 0) is 18.9 Å². The number of phenols is 1. The highest BCUT2D eigenvalue weighted by Gasteiger charge is 2.52. The van der Waals surface area contributed by atoms with Gasteiger partial charge in [0.15, 0.2) is 29.3 Å². The molecule has 0 unspecified atom stereocenters. The number of hydrogen-bond donors (Lipinski definition) is 12. The monoisotopic (exact) mass is 756 g/mol. The van der Waals surface area contributed by atoms with Gasteiger partial charge in [-0.1, -0.05) is 0 Å². The number of phenolic OH excluding ortho intramolecular Hbond substituents is 1. The Balaban J connectivity index is 1.42. The molecule has 0 amide bonds. The molecule has 0 saturated carbocycles. The van der Waals surface area contributed by atoms with Gasteiger partial charge in [0.1, 0.15) is 84.4 Å². The zero-order valence-electron chi connectivity index (χ0n) is 27.5. The first-order chi connectivity index (χ1) is 25.3. The van der Waals surface area contributed by atoms with Crippen LogP contribution in [0.2, 0.25) is 0 Å². The normalized spacial score (nSPS) is 37.8. The van der Waals surface area contributed by atoms with Gasteiger partial charge in [-0.2, -0.15) is 0 Å². The maximum Gasteiger partial charge on any atom is 0.229 e. The SMILES string of the molecule is O=c1cc2oc(-c3ccc(O)cc3)c(O[C@@H]3O[C@H](CO)[C@@H](O)[C@H](O)[C@H]3O[C@H]3O[C@H](CO)[C@@H](O)[C@H](O)[C@H]3O)cc-2c(O[C@@H]2O[C@H](CO)[C@@H](O)[C@H](O)[C@H]2O)c1. The number of ether oxygens (including phenoxy) is 6. The Hall–Kier alpha value is -3.55. The molecule has 12 N–H and O–H groups in total. The summed E-state index contributed by atoms with van der Waals surface area (Å²) < 4.78 is 40.4. The quantitative estimate of drug-likeness (QED) is 0.0924. The van der Waals surface area contributed by atoms with E-state index in [-0.39, 0.29) is 39.9 Å². The van der Waals surface area contributed by atoms with Crippen LogP contribution in [0.5, 0.6) is 17.2 Å². The van der Waals surface area contributed by atoms with E-state index in [0.29, 0.717) is 0 Å². The zero-order chi connectivity index (χ0) is 38.3. The summed E-state index contributed by atoms with van der Waals surface area (Å²) in [5, 5.41) is 123. The Morgan fingerprint density at radius 1 is 0.566 bits per heavy atom. The Labute approximate surface area is 298 Å². The third-order valence-corrected chi connectivity index (χ3v) is 9.22. The van der Waals surface area contributed by atoms with E-state index in [1.807, 2.05) is 0 Å². The van der Waals surface area contributed by atoms with Crippen molar-refractivity contribution in [1.29, 1.82) is 0 Å². The number of rotatable bonds is 10. The highest BCUT2D eigenvalue weighted by atomic mass is 16.8. The highest BCUT2D eigenvalue weighted by Crippen LogP contribution is 2.43. The molecular weight excluding hydrogens is 716 g/mol. The van der Waals surface area contributed by atoms with Crippen LogP contribution >= 0.6 is 0 Å². The molecule has 15 atom stereocenters. The topological polar surface area (TPSA) is 328 Å². The Bertz CT molecular complexity index is 1700. The van der Waals surface area contributed by atoms with Crippen LogP contribution in [-0.4, -0.2) is 173 Å². The zero-order valence-corrected chi connectivity index (χ0v) is 27.5. The van der Waals surface area contributed by atoms with Crippen molar-refractivity contribution in [2.75, 3.05) is 19.8 Å². The number of aromatic hydroxyl groups is 1. The summed E-state index contributed by atoms with van der Waals surface area (Å²) in [6, 6.07) is 8.76. The van der Waals surface area contributed by atoms with Crippen LogP contribution in [0.3, 0.4) is 0 Å². The van der Waals surface area contributed by atoms with Crippen LogP contribution in [0.4, 0.5) is 0 Å². The van der Waals surface area contributed by atoms with Gasteiger partial charge in [-0.3, -0.25) is 4.79 Å². The van der Waals surface area contributed by atoms with Crippen molar-refractivity contribution in [2.24, 2.45) is 0 Å². The Morgan fingerprint density at radius 2 is 1.08 bits per heavy atom. The average molecular weight is 757 g/mol. The van der Waals surface area contributed by atoms with Crippen molar-refractivity contribution in [3.63, 3.8) is 0 Å². The maximum atomic E-state index is 12.8. The van der Waals surface area contributed by atoms with E-state index in [2.05, 4.69) is 0 Å². The molecule has 53 heavy (non-hydrogen) atoms. The van der Waals surface area contributed by atoms with E-state index in [9.17, 15) is 66.1 Å². The molecule has 1 aliphatic carbocycles. The van der Waals surface area contributed by atoms with Crippen molar-refractivity contribution >= 4 is 0 Å². The highest BCUT2D eigenvalue weighted by molar-refractivity contribution is 5.75. The lowest BCUT2D eigenvalue weighted by Gasteiger charge is -2.45. The van der Waals surface area contributed by atoms with Crippen LogP contribution in [0, 0.1) is 0 Å². The minimum Gasteiger partial charge on any atom is -0.508 e. The van der Waals surface area contributed by atoms with Gasteiger partial charge in [0, 0.05) is 17.7 Å². The average Bonchev–Trinajstić information content (AvgIpc) is 3.14. The molecule has 1 aromatic rings. The summed E-state index contributed by atoms with van der Waals surface area (Å²) in [4.78, 5) is 12.8. The lowest BCUT2D eigenvalue weighted by Crippen LogP contribution is -2.65. The van der Waals surface area contributed by atoms with E-state index in [1.165, 1.54) is 30.3 Å². The van der Waals surface area contributed by atoms with Crippen LogP contribution in [0.1, 0.15) is 0 Å².